The number of hydrogen-bond acceptors (Lipinski definition) is 5. The topological polar surface area (TPSA) is 69.9 Å². The van der Waals surface area contributed by atoms with Gasteiger partial charge in [0.2, 0.25) is 0 Å². The van der Waals surface area contributed by atoms with E-state index in [0.29, 0.717) is 26.8 Å². The molecule has 0 spiro atoms. The molecule has 2 aromatic carbocycles. The summed E-state index contributed by atoms with van der Waals surface area (Å²) in [6.07, 6.45) is 1.69. The second-order valence-corrected chi connectivity index (χ2v) is 7.40. The molecule has 0 aliphatic heterocycles. The van der Waals surface area contributed by atoms with Crippen LogP contribution in [-0.2, 0) is 6.54 Å². The van der Waals surface area contributed by atoms with Crippen LogP contribution in [0.1, 0.15) is 21.6 Å². The fraction of sp³-hybridized carbons (Fsp3) is 0.0476. The van der Waals surface area contributed by atoms with E-state index in [9.17, 15) is 4.79 Å². The molecule has 0 aliphatic rings. The summed E-state index contributed by atoms with van der Waals surface area (Å²) in [7, 11) is 0. The van der Waals surface area contributed by atoms with Gasteiger partial charge in [0.15, 0.2) is 5.13 Å². The minimum atomic E-state index is -0.217. The van der Waals surface area contributed by atoms with Crippen molar-refractivity contribution in [3.63, 3.8) is 0 Å². The normalized spacial score (nSPS) is 10.6. The number of rotatable bonds is 4. The van der Waals surface area contributed by atoms with E-state index in [2.05, 4.69) is 16.0 Å². The van der Waals surface area contributed by atoms with Gasteiger partial charge in [-0.2, -0.15) is 5.26 Å². The quantitative estimate of drug-likeness (QED) is 0.476. The standard InChI is InChI=1S/C21H13ClN4OS/c22-17-5-3-6-18-19(17)25-21(28-18)26(13-16-4-1-2-11-24-16)20(27)15-9-7-14(12-23)8-10-15/h1-11H,13H2. The van der Waals surface area contributed by atoms with E-state index in [1.54, 1.807) is 41.4 Å². The number of nitrogens with zero attached hydrogens (tertiary/aromatic N) is 4. The van der Waals surface area contributed by atoms with E-state index in [0.717, 1.165) is 10.4 Å². The molecule has 0 aliphatic carbocycles. The molecule has 2 aromatic heterocycles. The Morgan fingerprint density at radius 3 is 2.61 bits per heavy atom. The highest BCUT2D eigenvalue weighted by Crippen LogP contribution is 2.34. The molecule has 0 atom stereocenters. The van der Waals surface area contributed by atoms with Crippen LogP contribution in [0.2, 0.25) is 5.02 Å². The second kappa shape index (κ2) is 7.77. The highest BCUT2D eigenvalue weighted by molar-refractivity contribution is 7.22. The lowest BCUT2D eigenvalue weighted by atomic mass is 10.1. The highest BCUT2D eigenvalue weighted by Gasteiger charge is 2.22. The Morgan fingerprint density at radius 2 is 1.93 bits per heavy atom. The van der Waals surface area contributed by atoms with Crippen molar-refractivity contribution < 1.29 is 4.79 Å². The van der Waals surface area contributed by atoms with Crippen molar-refractivity contribution >= 4 is 44.2 Å². The maximum atomic E-state index is 13.3. The molecule has 136 valence electrons. The Morgan fingerprint density at radius 1 is 1.11 bits per heavy atom. The molecule has 0 unspecified atom stereocenters. The third-order valence-corrected chi connectivity index (χ3v) is 5.49. The van der Waals surface area contributed by atoms with E-state index in [4.69, 9.17) is 16.9 Å². The Balaban J connectivity index is 1.77. The number of nitriles is 1. The van der Waals surface area contributed by atoms with Crippen LogP contribution in [0.25, 0.3) is 10.2 Å². The van der Waals surface area contributed by atoms with Crippen molar-refractivity contribution in [1.29, 1.82) is 5.26 Å². The van der Waals surface area contributed by atoms with Crippen LogP contribution in [0.5, 0.6) is 0 Å². The Kier molecular flexibility index (Phi) is 5.02. The Bertz CT molecular complexity index is 1180. The van der Waals surface area contributed by atoms with Gasteiger partial charge in [-0.1, -0.05) is 35.1 Å². The average Bonchev–Trinajstić information content (AvgIpc) is 3.18. The molecule has 0 saturated carbocycles. The molecule has 7 heteroatoms. The number of pyridine rings is 1. The number of carbonyl (C=O) groups is 1. The summed E-state index contributed by atoms with van der Waals surface area (Å²) in [6, 6.07) is 19.7. The fourth-order valence-electron chi connectivity index (χ4n) is 2.74. The lowest BCUT2D eigenvalue weighted by Crippen LogP contribution is -2.30. The second-order valence-electron chi connectivity index (χ2n) is 5.98. The summed E-state index contributed by atoms with van der Waals surface area (Å²) in [6.45, 7) is 0.275. The van der Waals surface area contributed by atoms with E-state index < -0.39 is 0 Å². The van der Waals surface area contributed by atoms with Crippen LogP contribution in [0.15, 0.2) is 66.9 Å². The van der Waals surface area contributed by atoms with Crippen molar-refractivity contribution in [3.05, 3.63) is 88.7 Å². The number of benzene rings is 2. The largest absolute Gasteiger partial charge is 0.278 e. The van der Waals surface area contributed by atoms with Crippen LogP contribution in [0, 0.1) is 11.3 Å². The van der Waals surface area contributed by atoms with Crippen LogP contribution >= 0.6 is 22.9 Å². The predicted octanol–water partition coefficient (Wildman–Crippen LogP) is 5.06. The molecule has 2 heterocycles. The summed E-state index contributed by atoms with van der Waals surface area (Å²) < 4.78 is 0.904. The molecule has 0 fully saturated rings. The lowest BCUT2D eigenvalue weighted by molar-refractivity contribution is 0.0985. The zero-order valence-electron chi connectivity index (χ0n) is 14.5. The first-order valence-corrected chi connectivity index (χ1v) is 9.62. The van der Waals surface area contributed by atoms with Gasteiger partial charge < -0.3 is 0 Å². The molecule has 5 nitrogen and oxygen atoms in total. The maximum absolute atomic E-state index is 13.3. The van der Waals surface area contributed by atoms with Gasteiger partial charge in [0.1, 0.15) is 5.52 Å². The number of aromatic nitrogens is 2. The van der Waals surface area contributed by atoms with Crippen LogP contribution in [0.4, 0.5) is 5.13 Å². The number of fused-ring (bicyclic) bond motifs is 1. The van der Waals surface area contributed by atoms with Gasteiger partial charge in [0, 0.05) is 11.8 Å². The number of thiazole rings is 1. The van der Waals surface area contributed by atoms with Gasteiger partial charge >= 0.3 is 0 Å². The molecule has 1 amide bonds. The van der Waals surface area contributed by atoms with Crippen LogP contribution in [-0.4, -0.2) is 15.9 Å². The zero-order chi connectivity index (χ0) is 19.5. The molecular formula is C21H13ClN4OS. The Labute approximate surface area is 170 Å². The van der Waals surface area contributed by atoms with Gasteiger partial charge in [0.05, 0.1) is 33.6 Å². The van der Waals surface area contributed by atoms with Crippen molar-refractivity contribution in [2.45, 2.75) is 6.54 Å². The molecule has 0 N–H and O–H groups in total. The average molecular weight is 405 g/mol. The molecule has 28 heavy (non-hydrogen) atoms. The van der Waals surface area contributed by atoms with E-state index in [1.807, 2.05) is 30.3 Å². The predicted molar refractivity (Wildman–Crippen MR) is 111 cm³/mol. The Hall–Kier alpha value is -3.27. The summed E-state index contributed by atoms with van der Waals surface area (Å²) in [5.41, 5.74) is 2.39. The molecule has 0 bridgehead atoms. The van der Waals surface area contributed by atoms with Crippen molar-refractivity contribution in [2.24, 2.45) is 0 Å². The van der Waals surface area contributed by atoms with Gasteiger partial charge in [-0.15, -0.1) is 0 Å². The van der Waals surface area contributed by atoms with Crippen molar-refractivity contribution in [3.8, 4) is 6.07 Å². The summed E-state index contributed by atoms with van der Waals surface area (Å²) in [4.78, 5) is 23.8. The maximum Gasteiger partial charge on any atom is 0.260 e. The third-order valence-electron chi connectivity index (χ3n) is 4.14. The van der Waals surface area contributed by atoms with Crippen LogP contribution < -0.4 is 4.90 Å². The molecule has 0 saturated heterocycles. The van der Waals surface area contributed by atoms with Gasteiger partial charge in [-0.05, 0) is 48.5 Å². The zero-order valence-corrected chi connectivity index (χ0v) is 16.1. The van der Waals surface area contributed by atoms with E-state index in [-0.39, 0.29) is 12.5 Å². The summed E-state index contributed by atoms with van der Waals surface area (Å²) >= 11 is 7.66. The fourth-order valence-corrected chi connectivity index (χ4v) is 4.00. The number of amides is 1. The first-order chi connectivity index (χ1) is 13.7. The molecule has 4 rings (SSSR count). The highest BCUT2D eigenvalue weighted by atomic mass is 35.5. The van der Waals surface area contributed by atoms with Gasteiger partial charge in [-0.25, -0.2) is 4.98 Å². The first-order valence-electron chi connectivity index (χ1n) is 8.43. The van der Waals surface area contributed by atoms with Crippen LogP contribution in [0.3, 0.4) is 0 Å². The first kappa shape index (κ1) is 18.1. The van der Waals surface area contributed by atoms with E-state index in [1.165, 1.54) is 11.3 Å². The molecule has 0 radical (unpaired) electrons. The SMILES string of the molecule is N#Cc1ccc(C(=O)N(Cc2ccccn2)c2nc3c(Cl)cccc3s2)cc1. The number of para-hydroxylation sites is 1. The number of carbonyl (C=O) groups excluding carboxylic acids is 1. The number of anilines is 1. The van der Waals surface area contributed by atoms with Gasteiger partial charge in [0.25, 0.3) is 5.91 Å². The number of halogens is 1. The van der Waals surface area contributed by atoms with E-state index >= 15 is 0 Å². The minimum Gasteiger partial charge on any atom is -0.278 e. The summed E-state index contributed by atoms with van der Waals surface area (Å²) in [5.74, 6) is -0.217. The minimum absolute atomic E-state index is 0.217. The van der Waals surface area contributed by atoms with Gasteiger partial charge in [-0.3, -0.25) is 14.7 Å². The monoisotopic (exact) mass is 404 g/mol. The summed E-state index contributed by atoms with van der Waals surface area (Å²) in [5, 5.41) is 10.1. The third kappa shape index (κ3) is 3.58. The smallest absolute Gasteiger partial charge is 0.260 e. The number of hydrogen-bond donors (Lipinski definition) is 0. The van der Waals surface area contributed by atoms with Crippen molar-refractivity contribution in [1.82, 2.24) is 9.97 Å². The molecule has 4 aromatic rings. The van der Waals surface area contributed by atoms with Crippen molar-refractivity contribution in [2.75, 3.05) is 4.90 Å². The lowest BCUT2D eigenvalue weighted by Gasteiger charge is -2.19. The molecular weight excluding hydrogens is 392 g/mol.